The maximum absolute atomic E-state index is 12.6. The van der Waals surface area contributed by atoms with E-state index in [2.05, 4.69) is 4.74 Å². The second-order valence-electron chi connectivity index (χ2n) is 5.77. The third kappa shape index (κ3) is 5.86. The lowest BCUT2D eigenvalue weighted by Crippen LogP contribution is -2.26. The van der Waals surface area contributed by atoms with Crippen LogP contribution in [0.1, 0.15) is 15.9 Å². The van der Waals surface area contributed by atoms with E-state index in [0.717, 1.165) is 18.4 Å². The summed E-state index contributed by atoms with van der Waals surface area (Å²) in [5, 5.41) is 0.0909. The van der Waals surface area contributed by atoms with Gasteiger partial charge in [0.1, 0.15) is 5.75 Å². The summed E-state index contributed by atoms with van der Waals surface area (Å²) in [5.41, 5.74) is 0.565. The van der Waals surface area contributed by atoms with Crippen LogP contribution in [0, 0.1) is 0 Å². The zero-order valence-electron chi connectivity index (χ0n) is 14.2. The van der Waals surface area contributed by atoms with Gasteiger partial charge in [0.05, 0.1) is 15.5 Å². The molecular formula is C17H15ClF3NO4S. The van der Waals surface area contributed by atoms with E-state index in [4.69, 9.17) is 11.6 Å². The van der Waals surface area contributed by atoms with Crippen molar-refractivity contribution in [3.63, 3.8) is 0 Å². The number of ether oxygens (including phenoxy) is 1. The number of carbonyl (C=O) groups excluding carboxylic acids is 1. The number of alkyl halides is 3. The minimum atomic E-state index is -4.78. The van der Waals surface area contributed by atoms with Crippen LogP contribution in [-0.2, 0) is 16.4 Å². The summed E-state index contributed by atoms with van der Waals surface area (Å²) in [5.74, 6) is -0.898. The van der Waals surface area contributed by atoms with Crippen molar-refractivity contribution in [3.05, 3.63) is 58.6 Å². The van der Waals surface area contributed by atoms with Crippen molar-refractivity contribution < 1.29 is 31.1 Å². The first-order chi connectivity index (χ1) is 12.4. The summed E-state index contributed by atoms with van der Waals surface area (Å²) in [7, 11) is -2.05. The predicted octanol–water partition coefficient (Wildman–Crippen LogP) is 3.91. The Morgan fingerprint density at radius 1 is 1.15 bits per heavy atom. The van der Waals surface area contributed by atoms with Crippen molar-refractivity contribution in [1.29, 1.82) is 0 Å². The Morgan fingerprint density at radius 3 is 2.26 bits per heavy atom. The largest absolute Gasteiger partial charge is 0.573 e. The van der Waals surface area contributed by atoms with E-state index in [1.807, 2.05) is 0 Å². The van der Waals surface area contributed by atoms with Gasteiger partial charge in [-0.1, -0.05) is 23.7 Å². The lowest BCUT2D eigenvalue weighted by molar-refractivity contribution is -0.274. The second-order valence-corrected chi connectivity index (χ2v) is 8.19. The summed E-state index contributed by atoms with van der Waals surface area (Å²) >= 11 is 6.01. The van der Waals surface area contributed by atoms with Crippen LogP contribution >= 0.6 is 11.6 Å². The van der Waals surface area contributed by atoms with Gasteiger partial charge < -0.3 is 9.64 Å². The molecule has 146 valence electrons. The first-order valence-corrected chi connectivity index (χ1v) is 9.73. The monoisotopic (exact) mass is 421 g/mol. The van der Waals surface area contributed by atoms with Crippen LogP contribution in [-0.4, -0.2) is 38.9 Å². The number of hydrogen-bond donors (Lipinski definition) is 0. The highest BCUT2D eigenvalue weighted by Crippen LogP contribution is 2.24. The van der Waals surface area contributed by atoms with E-state index in [1.165, 1.54) is 42.3 Å². The molecule has 0 aromatic heterocycles. The highest BCUT2D eigenvalue weighted by molar-refractivity contribution is 7.90. The maximum Gasteiger partial charge on any atom is 0.573 e. The van der Waals surface area contributed by atoms with Crippen LogP contribution in [0.5, 0.6) is 5.75 Å². The van der Waals surface area contributed by atoms with Crippen molar-refractivity contribution in [2.45, 2.75) is 17.8 Å². The molecule has 2 rings (SSSR count). The lowest BCUT2D eigenvalue weighted by Gasteiger charge is -2.19. The number of nitrogens with zero attached hydrogens (tertiary/aromatic N) is 1. The van der Waals surface area contributed by atoms with Crippen molar-refractivity contribution >= 4 is 27.3 Å². The fourth-order valence-electron chi connectivity index (χ4n) is 2.25. The Kier molecular flexibility index (Phi) is 6.06. The Hall–Kier alpha value is -2.26. The van der Waals surface area contributed by atoms with Crippen molar-refractivity contribution in [1.82, 2.24) is 4.90 Å². The molecule has 0 aliphatic carbocycles. The number of hydrogen-bond acceptors (Lipinski definition) is 4. The second kappa shape index (κ2) is 7.77. The molecule has 0 spiro atoms. The van der Waals surface area contributed by atoms with E-state index in [9.17, 15) is 26.4 Å². The minimum absolute atomic E-state index is 0.0131. The molecule has 0 atom stereocenters. The van der Waals surface area contributed by atoms with E-state index in [1.54, 1.807) is 0 Å². The van der Waals surface area contributed by atoms with Crippen LogP contribution in [0.25, 0.3) is 0 Å². The molecular weight excluding hydrogens is 407 g/mol. The number of rotatable bonds is 5. The number of sulfone groups is 1. The van der Waals surface area contributed by atoms with Crippen molar-refractivity contribution in [2.24, 2.45) is 0 Å². The summed E-state index contributed by atoms with van der Waals surface area (Å²) < 4.78 is 63.6. The van der Waals surface area contributed by atoms with Crippen LogP contribution in [0.3, 0.4) is 0 Å². The smallest absolute Gasteiger partial charge is 0.406 e. The van der Waals surface area contributed by atoms with E-state index < -0.39 is 22.1 Å². The Morgan fingerprint density at radius 2 is 1.74 bits per heavy atom. The fraction of sp³-hybridized carbons (Fsp3) is 0.235. The van der Waals surface area contributed by atoms with Crippen LogP contribution in [0.2, 0.25) is 5.02 Å². The van der Waals surface area contributed by atoms with E-state index >= 15 is 0 Å². The third-order valence-corrected chi connectivity index (χ3v) is 4.96. The number of benzene rings is 2. The van der Waals surface area contributed by atoms with Gasteiger partial charge in [-0.3, -0.25) is 4.79 Å². The normalized spacial score (nSPS) is 11.9. The van der Waals surface area contributed by atoms with Gasteiger partial charge in [0, 0.05) is 19.8 Å². The topological polar surface area (TPSA) is 63.7 Å². The average Bonchev–Trinajstić information content (AvgIpc) is 2.54. The van der Waals surface area contributed by atoms with Crippen molar-refractivity contribution in [3.8, 4) is 5.75 Å². The van der Waals surface area contributed by atoms with Gasteiger partial charge in [0.15, 0.2) is 9.84 Å². The summed E-state index contributed by atoms with van der Waals surface area (Å²) in [4.78, 5) is 13.8. The van der Waals surface area contributed by atoms with Crippen molar-refractivity contribution in [2.75, 3.05) is 13.3 Å². The zero-order chi connectivity index (χ0) is 20.4. The maximum atomic E-state index is 12.6. The number of carbonyl (C=O) groups is 1. The molecule has 0 aliphatic rings. The van der Waals surface area contributed by atoms with Gasteiger partial charge >= 0.3 is 6.36 Å². The fourth-order valence-corrected chi connectivity index (χ4v) is 3.09. The summed E-state index contributed by atoms with van der Waals surface area (Å²) in [6, 6.07) is 8.86. The van der Waals surface area contributed by atoms with Crippen LogP contribution in [0.4, 0.5) is 13.2 Å². The molecule has 0 heterocycles. The Labute approximate surface area is 159 Å². The predicted molar refractivity (Wildman–Crippen MR) is 93.5 cm³/mol. The number of amides is 1. The number of halogens is 4. The Balaban J connectivity index is 2.16. The summed E-state index contributed by atoms with van der Waals surface area (Å²) in [6.07, 6.45) is -3.77. The molecule has 27 heavy (non-hydrogen) atoms. The highest BCUT2D eigenvalue weighted by atomic mass is 35.5. The molecule has 5 nitrogen and oxygen atoms in total. The van der Waals surface area contributed by atoms with E-state index in [-0.39, 0.29) is 27.8 Å². The third-order valence-electron chi connectivity index (χ3n) is 3.52. The molecule has 2 aromatic rings. The molecule has 10 heteroatoms. The van der Waals surface area contributed by atoms with Gasteiger partial charge in [0.2, 0.25) is 0 Å². The molecule has 0 N–H and O–H groups in total. The SMILES string of the molecule is CN(Cc1ccc(OC(F)(F)F)cc1)C(=O)c1cc(S(C)(=O)=O)ccc1Cl. The lowest BCUT2D eigenvalue weighted by atomic mass is 10.1. The minimum Gasteiger partial charge on any atom is -0.406 e. The van der Waals surface area contributed by atoms with Gasteiger partial charge in [-0.25, -0.2) is 8.42 Å². The molecule has 0 bridgehead atoms. The molecule has 0 fully saturated rings. The van der Waals surface area contributed by atoms with Gasteiger partial charge in [-0.05, 0) is 35.9 Å². The quantitative estimate of drug-likeness (QED) is 0.734. The standard InChI is InChI=1S/C17H15ClF3NO4S/c1-22(10-11-3-5-12(6-4-11)26-17(19,20)21)16(23)14-9-13(27(2,24)25)7-8-15(14)18/h3-9H,10H2,1-2H3. The summed E-state index contributed by atoms with van der Waals surface area (Å²) in [6.45, 7) is 0.0740. The molecule has 0 radical (unpaired) electrons. The highest BCUT2D eigenvalue weighted by Gasteiger charge is 2.31. The first-order valence-electron chi connectivity index (χ1n) is 7.46. The van der Waals surface area contributed by atoms with Gasteiger partial charge in [-0.2, -0.15) is 0 Å². The average molecular weight is 422 g/mol. The molecule has 0 saturated heterocycles. The zero-order valence-corrected chi connectivity index (χ0v) is 15.8. The molecule has 2 aromatic carbocycles. The molecule has 0 saturated carbocycles. The molecule has 0 aliphatic heterocycles. The van der Waals surface area contributed by atoms with Crippen LogP contribution < -0.4 is 4.74 Å². The Bertz CT molecular complexity index is 944. The van der Waals surface area contributed by atoms with Gasteiger partial charge in [-0.15, -0.1) is 13.2 Å². The molecule has 1 amide bonds. The van der Waals surface area contributed by atoms with E-state index in [0.29, 0.717) is 5.56 Å². The first kappa shape index (κ1) is 21.0. The van der Waals surface area contributed by atoms with Crippen LogP contribution in [0.15, 0.2) is 47.4 Å². The molecule has 0 unspecified atom stereocenters. The van der Waals surface area contributed by atoms with Gasteiger partial charge in [0.25, 0.3) is 5.91 Å².